The van der Waals surface area contributed by atoms with Crippen molar-refractivity contribution in [3.8, 4) is 0 Å². The summed E-state index contributed by atoms with van der Waals surface area (Å²) in [5.41, 5.74) is 6.75. The van der Waals surface area contributed by atoms with Gasteiger partial charge in [0.15, 0.2) is 11.5 Å². The van der Waals surface area contributed by atoms with Gasteiger partial charge in [-0.1, -0.05) is 13.0 Å². The first-order valence-electron chi connectivity index (χ1n) is 6.61. The first-order valence-corrected chi connectivity index (χ1v) is 6.61. The standard InChI is InChI=1S/C13H19N5/c1-2-17-8-4-5-10(9-17)13-15-12-7-3-6-11(14)18(12)16-13/h3,6-7,10H,2,4-5,8-9,14H2,1H3. The Labute approximate surface area is 107 Å². The van der Waals surface area contributed by atoms with Crippen LogP contribution >= 0.6 is 0 Å². The molecule has 96 valence electrons. The van der Waals surface area contributed by atoms with Crippen LogP contribution < -0.4 is 5.73 Å². The third-order valence-electron chi connectivity index (χ3n) is 3.72. The fraction of sp³-hybridized carbons (Fsp3) is 0.538. The fourth-order valence-corrected chi connectivity index (χ4v) is 2.67. The van der Waals surface area contributed by atoms with Crippen molar-refractivity contribution in [2.45, 2.75) is 25.7 Å². The van der Waals surface area contributed by atoms with E-state index in [0.29, 0.717) is 11.7 Å². The van der Waals surface area contributed by atoms with Crippen molar-refractivity contribution in [2.75, 3.05) is 25.4 Å². The maximum absolute atomic E-state index is 5.90. The van der Waals surface area contributed by atoms with Gasteiger partial charge in [0.05, 0.1) is 0 Å². The highest BCUT2D eigenvalue weighted by Gasteiger charge is 2.23. The van der Waals surface area contributed by atoms with Crippen molar-refractivity contribution in [3.05, 3.63) is 24.0 Å². The monoisotopic (exact) mass is 245 g/mol. The lowest BCUT2D eigenvalue weighted by atomic mass is 9.97. The average molecular weight is 245 g/mol. The molecule has 1 atom stereocenters. The molecule has 0 spiro atoms. The number of rotatable bonds is 2. The zero-order valence-electron chi connectivity index (χ0n) is 10.7. The zero-order valence-corrected chi connectivity index (χ0v) is 10.7. The van der Waals surface area contributed by atoms with Gasteiger partial charge in [-0.15, -0.1) is 5.10 Å². The molecule has 2 aromatic rings. The Kier molecular flexibility index (Phi) is 2.91. The van der Waals surface area contributed by atoms with Crippen LogP contribution in [0.25, 0.3) is 5.65 Å². The second kappa shape index (κ2) is 4.57. The maximum atomic E-state index is 5.90. The zero-order chi connectivity index (χ0) is 12.5. The predicted molar refractivity (Wildman–Crippen MR) is 71.5 cm³/mol. The summed E-state index contributed by atoms with van der Waals surface area (Å²) < 4.78 is 1.74. The van der Waals surface area contributed by atoms with Crippen LogP contribution in [0.15, 0.2) is 18.2 Å². The molecule has 0 radical (unpaired) electrons. The molecule has 0 aliphatic carbocycles. The fourth-order valence-electron chi connectivity index (χ4n) is 2.67. The minimum Gasteiger partial charge on any atom is -0.384 e. The second-order valence-electron chi connectivity index (χ2n) is 4.92. The third kappa shape index (κ3) is 1.95. The van der Waals surface area contributed by atoms with Crippen molar-refractivity contribution in [1.82, 2.24) is 19.5 Å². The summed E-state index contributed by atoms with van der Waals surface area (Å²) in [5.74, 6) is 2.03. The van der Waals surface area contributed by atoms with E-state index in [-0.39, 0.29) is 0 Å². The van der Waals surface area contributed by atoms with Gasteiger partial charge in [0.25, 0.3) is 0 Å². The highest BCUT2D eigenvalue weighted by atomic mass is 15.3. The first-order chi connectivity index (χ1) is 8.78. The van der Waals surface area contributed by atoms with Crippen LogP contribution in [0, 0.1) is 0 Å². The van der Waals surface area contributed by atoms with Crippen LogP contribution in [0.4, 0.5) is 5.82 Å². The highest BCUT2D eigenvalue weighted by molar-refractivity contribution is 5.46. The first kappa shape index (κ1) is 11.5. The molecule has 1 fully saturated rings. The van der Waals surface area contributed by atoms with E-state index in [1.807, 2.05) is 18.2 Å². The van der Waals surface area contributed by atoms with E-state index in [0.717, 1.165) is 24.6 Å². The summed E-state index contributed by atoms with van der Waals surface area (Å²) >= 11 is 0. The van der Waals surface area contributed by atoms with Gasteiger partial charge in [0.1, 0.15) is 5.82 Å². The van der Waals surface area contributed by atoms with E-state index in [4.69, 9.17) is 5.73 Å². The lowest BCUT2D eigenvalue weighted by Crippen LogP contribution is -2.34. The second-order valence-corrected chi connectivity index (χ2v) is 4.92. The molecule has 1 aliphatic rings. The van der Waals surface area contributed by atoms with Crippen LogP contribution in [-0.2, 0) is 0 Å². The van der Waals surface area contributed by atoms with Gasteiger partial charge in [-0.3, -0.25) is 0 Å². The molecule has 0 aromatic carbocycles. The number of nitrogen functional groups attached to an aromatic ring is 1. The predicted octanol–water partition coefficient (Wildman–Crippen LogP) is 1.51. The van der Waals surface area contributed by atoms with E-state index in [9.17, 15) is 0 Å². The van der Waals surface area contributed by atoms with E-state index >= 15 is 0 Å². The van der Waals surface area contributed by atoms with Gasteiger partial charge in [-0.05, 0) is 38.1 Å². The molecule has 3 heterocycles. The number of anilines is 1. The Hall–Kier alpha value is -1.62. The number of piperidine rings is 1. The molecule has 1 aliphatic heterocycles. The van der Waals surface area contributed by atoms with Crippen LogP contribution in [0.3, 0.4) is 0 Å². The number of hydrogen-bond acceptors (Lipinski definition) is 4. The lowest BCUT2D eigenvalue weighted by molar-refractivity contribution is 0.214. The van der Waals surface area contributed by atoms with Gasteiger partial charge < -0.3 is 10.6 Å². The Morgan fingerprint density at radius 1 is 1.44 bits per heavy atom. The molecule has 2 N–H and O–H groups in total. The normalized spacial score (nSPS) is 21.5. The minimum atomic E-state index is 0.443. The van der Waals surface area contributed by atoms with Gasteiger partial charge >= 0.3 is 0 Å². The summed E-state index contributed by atoms with van der Waals surface area (Å²) in [6.45, 7) is 5.57. The summed E-state index contributed by atoms with van der Waals surface area (Å²) in [6.07, 6.45) is 2.40. The quantitative estimate of drug-likeness (QED) is 0.871. The number of hydrogen-bond donors (Lipinski definition) is 1. The molecular formula is C13H19N5. The number of aromatic nitrogens is 3. The number of pyridine rings is 1. The number of fused-ring (bicyclic) bond motifs is 1. The number of nitrogens with two attached hydrogens (primary N) is 1. The van der Waals surface area contributed by atoms with Crippen molar-refractivity contribution < 1.29 is 0 Å². The average Bonchev–Trinajstić information content (AvgIpc) is 2.84. The summed E-state index contributed by atoms with van der Waals surface area (Å²) in [6, 6.07) is 5.72. The Bertz CT molecular complexity index is 547. The van der Waals surface area contributed by atoms with Crippen LogP contribution in [0.2, 0.25) is 0 Å². The molecule has 18 heavy (non-hydrogen) atoms. The van der Waals surface area contributed by atoms with Crippen molar-refractivity contribution in [2.24, 2.45) is 0 Å². The lowest BCUT2D eigenvalue weighted by Gasteiger charge is -2.30. The summed E-state index contributed by atoms with van der Waals surface area (Å²) in [7, 11) is 0. The smallest absolute Gasteiger partial charge is 0.157 e. The highest BCUT2D eigenvalue weighted by Crippen LogP contribution is 2.25. The molecular weight excluding hydrogens is 226 g/mol. The molecule has 0 amide bonds. The molecule has 0 bridgehead atoms. The van der Waals surface area contributed by atoms with Crippen LogP contribution in [0.5, 0.6) is 0 Å². The Balaban J connectivity index is 1.92. The Morgan fingerprint density at radius 2 is 2.33 bits per heavy atom. The molecule has 2 aromatic heterocycles. The molecule has 1 saturated heterocycles. The van der Waals surface area contributed by atoms with Crippen molar-refractivity contribution in [1.29, 1.82) is 0 Å². The van der Waals surface area contributed by atoms with Gasteiger partial charge in [-0.2, -0.15) is 4.52 Å². The molecule has 1 unspecified atom stereocenters. The largest absolute Gasteiger partial charge is 0.384 e. The van der Waals surface area contributed by atoms with E-state index in [2.05, 4.69) is 21.9 Å². The Morgan fingerprint density at radius 3 is 3.11 bits per heavy atom. The van der Waals surface area contributed by atoms with E-state index < -0.39 is 0 Å². The van der Waals surface area contributed by atoms with Crippen molar-refractivity contribution >= 4 is 11.5 Å². The SMILES string of the molecule is CCN1CCCC(c2nc3cccc(N)n3n2)C1. The minimum absolute atomic E-state index is 0.443. The van der Waals surface area contributed by atoms with Gasteiger partial charge in [0.2, 0.25) is 0 Å². The van der Waals surface area contributed by atoms with Crippen LogP contribution in [0.1, 0.15) is 31.5 Å². The number of likely N-dealkylation sites (N-methyl/N-ethyl adjacent to an activating group) is 1. The molecule has 0 saturated carbocycles. The van der Waals surface area contributed by atoms with Crippen molar-refractivity contribution in [3.63, 3.8) is 0 Å². The van der Waals surface area contributed by atoms with E-state index in [1.54, 1.807) is 4.52 Å². The topological polar surface area (TPSA) is 59.5 Å². The van der Waals surface area contributed by atoms with Gasteiger partial charge in [-0.25, -0.2) is 4.98 Å². The molecule has 5 nitrogen and oxygen atoms in total. The van der Waals surface area contributed by atoms with Crippen LogP contribution in [-0.4, -0.2) is 39.1 Å². The molecule has 3 rings (SSSR count). The summed E-state index contributed by atoms with van der Waals surface area (Å²) in [5, 5.41) is 4.56. The number of likely N-dealkylation sites (tertiary alicyclic amines) is 1. The van der Waals surface area contributed by atoms with Gasteiger partial charge in [0, 0.05) is 12.5 Å². The summed E-state index contributed by atoms with van der Waals surface area (Å²) in [4.78, 5) is 7.07. The third-order valence-corrected chi connectivity index (χ3v) is 3.72. The number of nitrogens with zero attached hydrogens (tertiary/aromatic N) is 4. The molecule has 5 heteroatoms. The van der Waals surface area contributed by atoms with E-state index in [1.165, 1.54) is 19.4 Å². The maximum Gasteiger partial charge on any atom is 0.157 e.